The highest BCUT2D eigenvalue weighted by Crippen LogP contribution is 2.39. The average Bonchev–Trinajstić information content (AvgIpc) is 3.38. The Balaban J connectivity index is 1.70. The Hall–Kier alpha value is -3.16. The van der Waals surface area contributed by atoms with Gasteiger partial charge in [-0.2, -0.15) is 0 Å². The Morgan fingerprint density at radius 3 is 2.58 bits per heavy atom. The predicted molar refractivity (Wildman–Crippen MR) is 116 cm³/mol. The van der Waals surface area contributed by atoms with Crippen molar-refractivity contribution in [2.75, 3.05) is 0 Å². The number of nitrogens with one attached hydrogen (secondary N) is 2. The van der Waals surface area contributed by atoms with Crippen molar-refractivity contribution >= 4 is 40.2 Å². The first kappa shape index (κ1) is 19.8. The number of imide groups is 1. The molecule has 0 radical (unpaired) electrons. The average molecular weight is 438 g/mol. The first-order valence-electron chi connectivity index (χ1n) is 10.1. The number of hydrogen-bond donors (Lipinski definition) is 3. The van der Waals surface area contributed by atoms with Gasteiger partial charge in [0.1, 0.15) is 5.69 Å². The molecule has 2 aliphatic rings. The van der Waals surface area contributed by atoms with Crippen LogP contribution in [-0.2, 0) is 7.05 Å². The van der Waals surface area contributed by atoms with Gasteiger partial charge in [-0.15, -0.1) is 0 Å². The highest BCUT2D eigenvalue weighted by atomic mass is 35.5. The maximum atomic E-state index is 13.0. The molecule has 5 rings (SSSR count). The van der Waals surface area contributed by atoms with Gasteiger partial charge in [0.05, 0.1) is 23.3 Å². The van der Waals surface area contributed by atoms with Gasteiger partial charge in [0.25, 0.3) is 17.7 Å². The molecule has 1 saturated carbocycles. The zero-order valence-corrected chi connectivity index (χ0v) is 17.5. The van der Waals surface area contributed by atoms with E-state index in [9.17, 15) is 19.5 Å². The van der Waals surface area contributed by atoms with Crippen LogP contribution in [0.2, 0.25) is 5.02 Å². The summed E-state index contributed by atoms with van der Waals surface area (Å²) >= 11 is 6.39. The van der Waals surface area contributed by atoms with Gasteiger partial charge in [0, 0.05) is 28.5 Å². The molecule has 2 atom stereocenters. The molecule has 0 bridgehead atoms. The van der Waals surface area contributed by atoms with Gasteiger partial charge in [-0.1, -0.05) is 29.8 Å². The predicted octanol–water partition coefficient (Wildman–Crippen LogP) is 3.03. The summed E-state index contributed by atoms with van der Waals surface area (Å²) in [4.78, 5) is 38.3. The van der Waals surface area contributed by atoms with Crippen LogP contribution in [-0.4, -0.2) is 39.5 Å². The summed E-state index contributed by atoms with van der Waals surface area (Å²) in [5.74, 6) is -1.31. The third-order valence-electron chi connectivity index (χ3n) is 6.22. The van der Waals surface area contributed by atoms with Crippen molar-refractivity contribution in [3.63, 3.8) is 0 Å². The molecule has 0 saturated heterocycles. The van der Waals surface area contributed by atoms with Crippen molar-refractivity contribution in [1.82, 2.24) is 15.2 Å². The van der Waals surface area contributed by atoms with Crippen molar-refractivity contribution in [1.29, 1.82) is 0 Å². The minimum absolute atomic E-state index is 0.243. The largest absolute Gasteiger partial charge is 0.391 e. The summed E-state index contributed by atoms with van der Waals surface area (Å²) in [6, 6.07) is 10.2. The van der Waals surface area contributed by atoms with E-state index < -0.39 is 17.9 Å². The van der Waals surface area contributed by atoms with Crippen LogP contribution >= 0.6 is 11.6 Å². The highest BCUT2D eigenvalue weighted by Gasteiger charge is 2.35. The molecule has 1 fully saturated rings. The highest BCUT2D eigenvalue weighted by molar-refractivity contribution is 6.35. The van der Waals surface area contributed by atoms with Crippen LogP contribution in [0.3, 0.4) is 0 Å². The van der Waals surface area contributed by atoms with Gasteiger partial charge in [-0.25, -0.2) is 0 Å². The number of halogens is 1. The Morgan fingerprint density at radius 1 is 1.13 bits per heavy atom. The SMILES string of the molecule is Cn1c(C(=O)N[C@H]2CCC[C@@H]2O)cc2c3c(c(-c4ccccc4Cl)cc21)C(=O)NC3=O. The van der Waals surface area contributed by atoms with E-state index in [2.05, 4.69) is 10.6 Å². The summed E-state index contributed by atoms with van der Waals surface area (Å²) in [7, 11) is 1.74. The smallest absolute Gasteiger partial charge is 0.268 e. The molecule has 31 heavy (non-hydrogen) atoms. The lowest BCUT2D eigenvalue weighted by atomic mass is 9.94. The Bertz CT molecular complexity index is 1280. The molecule has 3 aromatic rings. The number of aliphatic hydroxyl groups is 1. The van der Waals surface area contributed by atoms with Crippen molar-refractivity contribution in [2.45, 2.75) is 31.4 Å². The monoisotopic (exact) mass is 437 g/mol. The van der Waals surface area contributed by atoms with Crippen molar-refractivity contribution in [2.24, 2.45) is 7.05 Å². The summed E-state index contributed by atoms with van der Waals surface area (Å²) < 4.78 is 1.70. The van der Waals surface area contributed by atoms with E-state index in [1.165, 1.54) is 0 Å². The second-order valence-corrected chi connectivity index (χ2v) is 8.44. The number of nitrogens with zero attached hydrogens (tertiary/aromatic N) is 1. The molecule has 3 amide bonds. The summed E-state index contributed by atoms with van der Waals surface area (Å²) in [5.41, 5.74) is 2.65. The quantitative estimate of drug-likeness (QED) is 0.548. The molecule has 2 aromatic carbocycles. The molecule has 7 nitrogen and oxygen atoms in total. The van der Waals surface area contributed by atoms with Crippen LogP contribution in [0.1, 0.15) is 50.5 Å². The van der Waals surface area contributed by atoms with Gasteiger partial charge >= 0.3 is 0 Å². The van der Waals surface area contributed by atoms with E-state index in [1.807, 2.05) is 6.07 Å². The van der Waals surface area contributed by atoms with Gasteiger partial charge in [0.15, 0.2) is 0 Å². The molecule has 1 aromatic heterocycles. The molecule has 158 valence electrons. The first-order chi connectivity index (χ1) is 14.9. The maximum absolute atomic E-state index is 13.0. The zero-order chi connectivity index (χ0) is 21.9. The summed E-state index contributed by atoms with van der Waals surface area (Å²) in [5, 5.41) is 16.3. The van der Waals surface area contributed by atoms with Crippen LogP contribution in [0.5, 0.6) is 0 Å². The van der Waals surface area contributed by atoms with Gasteiger partial charge < -0.3 is 15.0 Å². The minimum Gasteiger partial charge on any atom is -0.391 e. The van der Waals surface area contributed by atoms with E-state index in [-0.39, 0.29) is 23.1 Å². The molecule has 3 N–H and O–H groups in total. The molecule has 0 spiro atoms. The number of rotatable bonds is 3. The van der Waals surface area contributed by atoms with E-state index >= 15 is 0 Å². The lowest BCUT2D eigenvalue weighted by Gasteiger charge is -2.16. The molecule has 1 aliphatic carbocycles. The second kappa shape index (κ2) is 7.21. The van der Waals surface area contributed by atoms with Gasteiger partial charge in [-0.3, -0.25) is 19.7 Å². The molecular formula is C23H20ClN3O4. The van der Waals surface area contributed by atoms with Crippen LogP contribution < -0.4 is 10.6 Å². The van der Waals surface area contributed by atoms with E-state index in [1.54, 1.807) is 41.9 Å². The summed E-state index contributed by atoms with van der Waals surface area (Å²) in [6.07, 6.45) is 1.69. The van der Waals surface area contributed by atoms with Crippen LogP contribution in [0.25, 0.3) is 22.0 Å². The van der Waals surface area contributed by atoms with Crippen molar-refractivity contribution in [3.8, 4) is 11.1 Å². The lowest BCUT2D eigenvalue weighted by molar-refractivity contribution is 0.0860. The Morgan fingerprint density at radius 2 is 1.87 bits per heavy atom. The minimum atomic E-state index is -0.557. The van der Waals surface area contributed by atoms with E-state index in [0.717, 1.165) is 12.8 Å². The van der Waals surface area contributed by atoms with Crippen LogP contribution in [0.4, 0.5) is 0 Å². The maximum Gasteiger partial charge on any atom is 0.268 e. The van der Waals surface area contributed by atoms with Gasteiger partial charge in [0.2, 0.25) is 0 Å². The van der Waals surface area contributed by atoms with Crippen molar-refractivity contribution in [3.05, 3.63) is 58.2 Å². The topological polar surface area (TPSA) is 100 Å². The fraction of sp³-hybridized carbons (Fsp3) is 0.261. The number of aryl methyl sites for hydroxylation is 1. The lowest BCUT2D eigenvalue weighted by Crippen LogP contribution is -2.40. The number of amides is 3. The molecule has 0 unspecified atom stereocenters. The Labute approximate surface area is 183 Å². The normalized spacial score (nSPS) is 20.2. The summed E-state index contributed by atoms with van der Waals surface area (Å²) in [6.45, 7) is 0. The third kappa shape index (κ3) is 3.04. The van der Waals surface area contributed by atoms with Crippen LogP contribution in [0.15, 0.2) is 36.4 Å². The molecule has 2 heterocycles. The first-order valence-corrected chi connectivity index (χ1v) is 10.5. The molecular weight excluding hydrogens is 418 g/mol. The van der Waals surface area contributed by atoms with E-state index in [0.29, 0.717) is 39.2 Å². The number of hydrogen-bond acceptors (Lipinski definition) is 4. The number of fused-ring (bicyclic) bond motifs is 3. The standard InChI is InChI=1S/C23H20ClN3O4/c1-27-16-9-12(11-5-2-3-6-14(11)24)19-20(23(31)26-22(19)30)13(16)10-17(27)21(29)25-15-7-4-8-18(15)28/h2-3,5-6,9-10,15,18,28H,4,7-8H2,1H3,(H,25,29)(H,26,30,31)/t15-,18-/m0/s1. The number of aliphatic hydroxyl groups excluding tert-OH is 1. The number of benzene rings is 2. The zero-order valence-electron chi connectivity index (χ0n) is 16.7. The second-order valence-electron chi connectivity index (χ2n) is 8.04. The molecule has 1 aliphatic heterocycles. The van der Waals surface area contributed by atoms with E-state index in [4.69, 9.17) is 11.6 Å². The van der Waals surface area contributed by atoms with Crippen LogP contribution in [0, 0.1) is 0 Å². The molecule has 8 heteroatoms. The fourth-order valence-electron chi connectivity index (χ4n) is 4.63. The fourth-order valence-corrected chi connectivity index (χ4v) is 4.87. The number of carbonyl (C=O) groups is 3. The third-order valence-corrected chi connectivity index (χ3v) is 6.55. The van der Waals surface area contributed by atoms with Gasteiger partial charge in [-0.05, 0) is 43.0 Å². The Kier molecular flexibility index (Phi) is 4.60. The number of carbonyl (C=O) groups excluding carboxylic acids is 3. The number of aromatic nitrogens is 1. The van der Waals surface area contributed by atoms with Crippen molar-refractivity contribution < 1.29 is 19.5 Å².